The topological polar surface area (TPSA) is 138 Å². The number of hydrogen-bond acceptors (Lipinski definition) is 7. The molecule has 0 saturated carbocycles. The smallest absolute Gasteiger partial charge is 0.424 e. The van der Waals surface area contributed by atoms with Crippen molar-refractivity contribution in [3.8, 4) is 0 Å². The summed E-state index contributed by atoms with van der Waals surface area (Å²) in [4.78, 5) is 22.1. The summed E-state index contributed by atoms with van der Waals surface area (Å²) < 4.78 is 15.2. The van der Waals surface area contributed by atoms with Gasteiger partial charge in [0.15, 0.2) is 6.10 Å². The van der Waals surface area contributed by atoms with Crippen LogP contribution in [0.1, 0.15) is 19.8 Å². The monoisotopic (exact) mass is 248 g/mol. The van der Waals surface area contributed by atoms with Crippen molar-refractivity contribution in [1.29, 1.82) is 0 Å². The van der Waals surface area contributed by atoms with Gasteiger partial charge >= 0.3 is 12.2 Å². The third-order valence-electron chi connectivity index (χ3n) is 2.36. The molecule has 1 aliphatic heterocycles. The second-order valence-electron chi connectivity index (χ2n) is 3.58. The molecule has 0 spiro atoms. The van der Waals surface area contributed by atoms with E-state index >= 15 is 0 Å². The molecule has 98 valence electrons. The summed E-state index contributed by atoms with van der Waals surface area (Å²) in [6.45, 7) is 1.87. The van der Waals surface area contributed by atoms with Gasteiger partial charge in [-0.2, -0.15) is 0 Å². The average Bonchev–Trinajstić information content (AvgIpc) is 2.31. The highest BCUT2D eigenvalue weighted by Crippen LogP contribution is 2.29. The molecule has 0 aromatic rings. The number of ether oxygens (including phenoxy) is 3. The Morgan fingerprint density at radius 3 is 2.59 bits per heavy atom. The number of nitrogens with one attached hydrogen (secondary N) is 2. The Bertz CT molecular complexity index is 300. The van der Waals surface area contributed by atoms with Crippen LogP contribution in [-0.2, 0) is 14.2 Å². The van der Waals surface area contributed by atoms with Crippen LogP contribution in [0.4, 0.5) is 9.59 Å². The minimum Gasteiger partial charge on any atom is -0.438 e. The molecule has 0 aromatic heterocycles. The van der Waals surface area contributed by atoms with Crippen LogP contribution in [0.5, 0.6) is 0 Å². The van der Waals surface area contributed by atoms with Crippen LogP contribution in [0, 0.1) is 0 Å². The molecule has 0 aliphatic carbocycles. The van der Waals surface area contributed by atoms with Gasteiger partial charge in [-0.3, -0.25) is 10.9 Å². The number of rotatable bonds is 2. The van der Waals surface area contributed by atoms with Gasteiger partial charge in [0.05, 0.1) is 6.61 Å². The van der Waals surface area contributed by atoms with Crippen molar-refractivity contribution in [2.45, 2.75) is 31.7 Å². The molecule has 1 fully saturated rings. The van der Waals surface area contributed by atoms with E-state index in [0.29, 0.717) is 19.4 Å². The van der Waals surface area contributed by atoms with Crippen LogP contribution in [0.3, 0.4) is 0 Å². The minimum absolute atomic E-state index is 0.387. The van der Waals surface area contributed by atoms with E-state index in [1.807, 2.05) is 5.43 Å². The Balaban J connectivity index is 2.69. The SMILES string of the molecule is CC1(OC(=O)NN)OCCCC1OC(=O)NN. The zero-order chi connectivity index (χ0) is 12.9. The van der Waals surface area contributed by atoms with E-state index in [-0.39, 0.29) is 0 Å². The van der Waals surface area contributed by atoms with Gasteiger partial charge in [-0.15, -0.1) is 0 Å². The van der Waals surface area contributed by atoms with Crippen LogP contribution >= 0.6 is 0 Å². The van der Waals surface area contributed by atoms with Gasteiger partial charge < -0.3 is 14.2 Å². The normalized spacial score (nSPS) is 28.1. The zero-order valence-electron chi connectivity index (χ0n) is 9.39. The number of nitrogens with two attached hydrogens (primary N) is 2. The fourth-order valence-corrected chi connectivity index (χ4v) is 1.54. The van der Waals surface area contributed by atoms with Crippen molar-refractivity contribution < 1.29 is 23.8 Å². The van der Waals surface area contributed by atoms with E-state index in [1.165, 1.54) is 6.92 Å². The summed E-state index contributed by atoms with van der Waals surface area (Å²) in [5.41, 5.74) is 3.62. The lowest BCUT2D eigenvalue weighted by molar-refractivity contribution is -0.260. The molecule has 0 radical (unpaired) electrons. The Kier molecular flexibility index (Phi) is 4.49. The van der Waals surface area contributed by atoms with Crippen molar-refractivity contribution in [2.75, 3.05) is 6.61 Å². The van der Waals surface area contributed by atoms with Gasteiger partial charge in [-0.25, -0.2) is 21.3 Å². The van der Waals surface area contributed by atoms with Crippen molar-refractivity contribution in [3.63, 3.8) is 0 Å². The van der Waals surface area contributed by atoms with E-state index in [2.05, 4.69) is 0 Å². The molecule has 0 aromatic carbocycles. The van der Waals surface area contributed by atoms with Gasteiger partial charge in [-0.1, -0.05) is 0 Å². The summed E-state index contributed by atoms with van der Waals surface area (Å²) >= 11 is 0. The van der Waals surface area contributed by atoms with Crippen LogP contribution in [0.25, 0.3) is 0 Å². The van der Waals surface area contributed by atoms with Gasteiger partial charge in [0.1, 0.15) is 0 Å². The van der Waals surface area contributed by atoms with Crippen molar-refractivity contribution >= 4 is 12.2 Å². The molecular weight excluding hydrogens is 232 g/mol. The lowest BCUT2D eigenvalue weighted by Crippen LogP contribution is -2.54. The Hall–Kier alpha value is -1.58. The standard InChI is InChI=1S/C8H16N4O5/c1-8(17-7(14)12-10)5(3-2-4-15-8)16-6(13)11-9/h5H,2-4,9-10H2,1H3,(H,11,13)(H,12,14). The Morgan fingerprint density at radius 1 is 1.35 bits per heavy atom. The van der Waals surface area contributed by atoms with Crippen LogP contribution < -0.4 is 22.5 Å². The fraction of sp³-hybridized carbons (Fsp3) is 0.750. The first-order chi connectivity index (χ1) is 8.01. The average molecular weight is 248 g/mol. The second kappa shape index (κ2) is 5.66. The molecule has 2 unspecified atom stereocenters. The largest absolute Gasteiger partial charge is 0.438 e. The summed E-state index contributed by atoms with van der Waals surface area (Å²) in [5, 5.41) is 0. The highest BCUT2D eigenvalue weighted by Gasteiger charge is 2.44. The van der Waals surface area contributed by atoms with Crippen LogP contribution in [-0.4, -0.2) is 30.7 Å². The first-order valence-corrected chi connectivity index (χ1v) is 5.02. The molecular formula is C8H16N4O5. The minimum atomic E-state index is -1.38. The summed E-state index contributed by atoms with van der Waals surface area (Å²) in [6.07, 6.45) is -1.30. The molecule has 9 heteroatoms. The molecule has 1 heterocycles. The fourth-order valence-electron chi connectivity index (χ4n) is 1.54. The molecule has 9 nitrogen and oxygen atoms in total. The van der Waals surface area contributed by atoms with Crippen molar-refractivity contribution in [1.82, 2.24) is 10.9 Å². The molecule has 0 bridgehead atoms. The first kappa shape index (κ1) is 13.5. The summed E-state index contributed by atoms with van der Waals surface area (Å²) in [5.74, 6) is 8.42. The Labute approximate surface area is 97.7 Å². The predicted molar refractivity (Wildman–Crippen MR) is 55.0 cm³/mol. The zero-order valence-corrected chi connectivity index (χ0v) is 9.39. The molecule has 1 aliphatic rings. The van der Waals surface area contributed by atoms with Crippen LogP contribution in [0.2, 0.25) is 0 Å². The first-order valence-electron chi connectivity index (χ1n) is 5.02. The summed E-state index contributed by atoms with van der Waals surface area (Å²) in [7, 11) is 0. The lowest BCUT2D eigenvalue weighted by atomic mass is 10.0. The molecule has 1 rings (SSSR count). The van der Waals surface area contributed by atoms with Gasteiger partial charge in [0.25, 0.3) is 0 Å². The third-order valence-corrected chi connectivity index (χ3v) is 2.36. The van der Waals surface area contributed by atoms with Crippen molar-refractivity contribution in [2.24, 2.45) is 11.7 Å². The van der Waals surface area contributed by atoms with E-state index in [1.54, 1.807) is 5.43 Å². The quantitative estimate of drug-likeness (QED) is 0.281. The number of hydrogen-bond donors (Lipinski definition) is 4. The predicted octanol–water partition coefficient (Wildman–Crippen LogP) is -0.919. The molecule has 2 amide bonds. The molecule has 6 N–H and O–H groups in total. The highest BCUT2D eigenvalue weighted by atomic mass is 16.7. The van der Waals surface area contributed by atoms with E-state index in [4.69, 9.17) is 25.9 Å². The van der Waals surface area contributed by atoms with E-state index < -0.39 is 24.1 Å². The molecule has 1 saturated heterocycles. The number of carbonyl (C=O) groups is 2. The number of hydrazine groups is 2. The molecule has 2 atom stereocenters. The lowest BCUT2D eigenvalue weighted by Gasteiger charge is -2.38. The van der Waals surface area contributed by atoms with Crippen LogP contribution in [0.15, 0.2) is 0 Å². The maximum absolute atomic E-state index is 11.1. The van der Waals surface area contributed by atoms with Crippen molar-refractivity contribution in [3.05, 3.63) is 0 Å². The highest BCUT2D eigenvalue weighted by molar-refractivity contribution is 5.67. The van der Waals surface area contributed by atoms with Gasteiger partial charge in [0, 0.05) is 6.92 Å². The molecule has 17 heavy (non-hydrogen) atoms. The number of carbonyl (C=O) groups excluding carboxylic acids is 2. The Morgan fingerprint density at radius 2 is 2.00 bits per heavy atom. The second-order valence-corrected chi connectivity index (χ2v) is 3.58. The third kappa shape index (κ3) is 3.44. The maximum atomic E-state index is 11.1. The van der Waals surface area contributed by atoms with E-state index in [0.717, 1.165) is 0 Å². The van der Waals surface area contributed by atoms with Gasteiger partial charge in [0.2, 0.25) is 5.79 Å². The van der Waals surface area contributed by atoms with E-state index in [9.17, 15) is 9.59 Å². The van der Waals surface area contributed by atoms with Gasteiger partial charge in [-0.05, 0) is 12.8 Å². The maximum Gasteiger partial charge on any atom is 0.424 e. The number of amides is 2. The summed E-state index contributed by atoms with van der Waals surface area (Å²) in [6, 6.07) is 0.